The first-order valence-corrected chi connectivity index (χ1v) is 6.22. The molecule has 0 aliphatic rings. The van der Waals surface area contributed by atoms with Crippen LogP contribution in [-0.4, -0.2) is 26.1 Å². The Kier molecular flexibility index (Phi) is 3.57. The molecular weight excluding hydrogens is 292 g/mol. The van der Waals surface area contributed by atoms with Crippen LogP contribution in [0.15, 0.2) is 42.7 Å². The molecule has 22 heavy (non-hydrogen) atoms. The molecule has 0 fully saturated rings. The van der Waals surface area contributed by atoms with Gasteiger partial charge in [-0.25, -0.2) is 13.8 Å². The number of nitrogens with zero attached hydrogens (tertiary/aromatic N) is 3. The summed E-state index contributed by atoms with van der Waals surface area (Å²) in [5.74, 6) is -2.79. The predicted octanol–water partition coefficient (Wildman–Crippen LogP) is 2.40. The molecule has 0 aromatic carbocycles. The van der Waals surface area contributed by atoms with Crippen LogP contribution in [0.3, 0.4) is 0 Å². The van der Waals surface area contributed by atoms with Gasteiger partial charge >= 0.3 is 0 Å². The van der Waals surface area contributed by atoms with E-state index in [-0.39, 0.29) is 11.5 Å². The first kappa shape index (κ1) is 13.8. The molecule has 0 aliphatic carbocycles. The zero-order valence-electron chi connectivity index (χ0n) is 11.0. The van der Waals surface area contributed by atoms with E-state index < -0.39 is 17.5 Å². The summed E-state index contributed by atoms with van der Waals surface area (Å²) >= 11 is 0. The number of halogens is 2. The molecule has 3 heterocycles. The first-order valence-electron chi connectivity index (χ1n) is 6.22. The van der Waals surface area contributed by atoms with E-state index in [4.69, 9.17) is 0 Å². The van der Waals surface area contributed by atoms with Crippen LogP contribution in [0.2, 0.25) is 0 Å². The lowest BCUT2D eigenvalue weighted by Crippen LogP contribution is -2.14. The Balaban J connectivity index is 1.80. The van der Waals surface area contributed by atoms with Crippen molar-refractivity contribution >= 4 is 11.7 Å². The van der Waals surface area contributed by atoms with Gasteiger partial charge in [-0.15, -0.1) is 0 Å². The minimum atomic E-state index is -0.960. The summed E-state index contributed by atoms with van der Waals surface area (Å²) in [6, 6.07) is 7.38. The number of amides is 1. The lowest BCUT2D eigenvalue weighted by atomic mass is 10.2. The number of carbonyl (C=O) groups is 1. The van der Waals surface area contributed by atoms with Gasteiger partial charge in [0.2, 0.25) is 0 Å². The van der Waals surface area contributed by atoms with Crippen molar-refractivity contribution in [1.29, 1.82) is 0 Å². The summed E-state index contributed by atoms with van der Waals surface area (Å²) in [5, 5.41) is 8.73. The number of aromatic amines is 1. The second kappa shape index (κ2) is 5.68. The highest BCUT2D eigenvalue weighted by molar-refractivity contribution is 6.02. The Morgan fingerprint density at radius 1 is 1.14 bits per heavy atom. The van der Waals surface area contributed by atoms with Crippen molar-refractivity contribution in [3.05, 3.63) is 60.1 Å². The highest BCUT2D eigenvalue weighted by Crippen LogP contribution is 2.16. The molecule has 0 aliphatic heterocycles. The minimum absolute atomic E-state index is 0.103. The van der Waals surface area contributed by atoms with Crippen molar-refractivity contribution in [3.8, 4) is 11.4 Å². The number of nitrogens with one attached hydrogen (secondary N) is 2. The number of carbonyl (C=O) groups excluding carboxylic acids is 1. The van der Waals surface area contributed by atoms with Gasteiger partial charge < -0.3 is 5.32 Å². The quantitative estimate of drug-likeness (QED) is 0.778. The third-order valence-electron chi connectivity index (χ3n) is 2.79. The average Bonchev–Trinajstić information content (AvgIpc) is 3.01. The number of rotatable bonds is 3. The van der Waals surface area contributed by atoms with Crippen molar-refractivity contribution in [2.45, 2.75) is 0 Å². The maximum absolute atomic E-state index is 13.4. The molecule has 1 amide bonds. The van der Waals surface area contributed by atoms with E-state index in [0.29, 0.717) is 17.5 Å². The summed E-state index contributed by atoms with van der Waals surface area (Å²) < 4.78 is 26.2. The maximum Gasteiger partial charge on any atom is 0.274 e. The van der Waals surface area contributed by atoms with E-state index in [9.17, 15) is 13.6 Å². The zero-order chi connectivity index (χ0) is 15.5. The summed E-state index contributed by atoms with van der Waals surface area (Å²) in [7, 11) is 0. The lowest BCUT2D eigenvalue weighted by molar-refractivity contribution is 0.102. The van der Waals surface area contributed by atoms with E-state index in [1.165, 1.54) is 6.07 Å². The van der Waals surface area contributed by atoms with Crippen LogP contribution in [0.5, 0.6) is 0 Å². The lowest BCUT2D eigenvalue weighted by Gasteiger charge is -2.03. The van der Waals surface area contributed by atoms with Crippen molar-refractivity contribution < 1.29 is 13.6 Å². The third kappa shape index (κ3) is 2.80. The fraction of sp³-hybridized carbons (Fsp3) is 0. The van der Waals surface area contributed by atoms with E-state index in [1.807, 2.05) is 0 Å². The third-order valence-corrected chi connectivity index (χ3v) is 2.79. The van der Waals surface area contributed by atoms with Gasteiger partial charge in [-0.05, 0) is 18.2 Å². The fourth-order valence-electron chi connectivity index (χ4n) is 1.76. The molecule has 8 heteroatoms. The Labute approximate surface area is 123 Å². The van der Waals surface area contributed by atoms with Gasteiger partial charge in [-0.2, -0.15) is 5.10 Å². The molecule has 0 saturated carbocycles. The molecule has 0 radical (unpaired) electrons. The van der Waals surface area contributed by atoms with E-state index in [2.05, 4.69) is 25.5 Å². The van der Waals surface area contributed by atoms with Crippen LogP contribution in [0.4, 0.5) is 14.6 Å². The van der Waals surface area contributed by atoms with E-state index in [0.717, 1.165) is 6.20 Å². The van der Waals surface area contributed by atoms with E-state index in [1.54, 1.807) is 24.4 Å². The Morgan fingerprint density at radius 2 is 2.00 bits per heavy atom. The van der Waals surface area contributed by atoms with Gasteiger partial charge in [0.05, 0.1) is 11.9 Å². The van der Waals surface area contributed by atoms with Crippen LogP contribution >= 0.6 is 0 Å². The van der Waals surface area contributed by atoms with Crippen molar-refractivity contribution in [1.82, 2.24) is 20.2 Å². The standard InChI is InChI=1S/C14H9F2N5O/c15-8-5-9(16)13(18-7-8)19-14(22)12-6-11(20-21-12)10-3-1-2-4-17-10/h1-7H,(H,20,21)(H,18,19,22). The van der Waals surface area contributed by atoms with Gasteiger partial charge in [0.15, 0.2) is 11.6 Å². The summed E-state index contributed by atoms with van der Waals surface area (Å²) in [6.45, 7) is 0. The van der Waals surface area contributed by atoms with Crippen molar-refractivity contribution in [3.63, 3.8) is 0 Å². The average molecular weight is 301 g/mol. The van der Waals surface area contributed by atoms with Gasteiger partial charge in [-0.3, -0.25) is 14.9 Å². The topological polar surface area (TPSA) is 83.6 Å². The van der Waals surface area contributed by atoms with E-state index >= 15 is 0 Å². The first-order chi connectivity index (χ1) is 10.6. The van der Waals surface area contributed by atoms with Crippen LogP contribution in [0.1, 0.15) is 10.5 Å². The molecule has 3 aromatic rings. The summed E-state index contributed by atoms with van der Waals surface area (Å²) in [6.07, 6.45) is 2.41. The number of hydrogen-bond acceptors (Lipinski definition) is 4. The van der Waals surface area contributed by atoms with Crippen LogP contribution < -0.4 is 5.32 Å². The van der Waals surface area contributed by atoms with Crippen LogP contribution in [-0.2, 0) is 0 Å². The summed E-state index contributed by atoms with van der Waals surface area (Å²) in [4.78, 5) is 19.6. The van der Waals surface area contributed by atoms with Crippen molar-refractivity contribution in [2.24, 2.45) is 0 Å². The SMILES string of the molecule is O=C(Nc1ncc(F)cc1F)c1cc(-c2ccccn2)n[nH]1. The number of aromatic nitrogens is 4. The monoisotopic (exact) mass is 301 g/mol. The smallest absolute Gasteiger partial charge is 0.274 e. The van der Waals surface area contributed by atoms with Crippen molar-refractivity contribution in [2.75, 3.05) is 5.32 Å². The maximum atomic E-state index is 13.4. The Hall–Kier alpha value is -3.16. The minimum Gasteiger partial charge on any atom is -0.303 e. The number of pyridine rings is 2. The van der Waals surface area contributed by atoms with Gasteiger partial charge in [-0.1, -0.05) is 6.07 Å². The van der Waals surface area contributed by atoms with Crippen LogP contribution in [0, 0.1) is 11.6 Å². The Morgan fingerprint density at radius 3 is 2.73 bits per heavy atom. The molecule has 0 saturated heterocycles. The molecule has 0 bridgehead atoms. The number of anilines is 1. The number of hydrogen-bond donors (Lipinski definition) is 2. The molecule has 0 unspecified atom stereocenters. The fourth-order valence-corrected chi connectivity index (χ4v) is 1.76. The second-order valence-electron chi connectivity index (χ2n) is 4.32. The molecule has 110 valence electrons. The second-order valence-corrected chi connectivity index (χ2v) is 4.32. The molecular formula is C14H9F2N5O. The van der Waals surface area contributed by atoms with Gasteiger partial charge in [0.25, 0.3) is 5.91 Å². The molecule has 0 atom stereocenters. The zero-order valence-corrected chi connectivity index (χ0v) is 11.0. The molecule has 3 rings (SSSR count). The highest BCUT2D eigenvalue weighted by Gasteiger charge is 2.14. The normalized spacial score (nSPS) is 10.5. The molecule has 6 nitrogen and oxygen atoms in total. The predicted molar refractivity (Wildman–Crippen MR) is 73.9 cm³/mol. The summed E-state index contributed by atoms with van der Waals surface area (Å²) in [5.41, 5.74) is 1.16. The molecule has 3 aromatic heterocycles. The number of H-pyrrole nitrogens is 1. The molecule has 0 spiro atoms. The van der Waals surface area contributed by atoms with Crippen LogP contribution in [0.25, 0.3) is 11.4 Å². The Bertz CT molecular complexity index is 819. The largest absolute Gasteiger partial charge is 0.303 e. The molecule has 2 N–H and O–H groups in total. The highest BCUT2D eigenvalue weighted by atomic mass is 19.1. The van der Waals surface area contributed by atoms with Gasteiger partial charge in [0.1, 0.15) is 17.2 Å². The van der Waals surface area contributed by atoms with Gasteiger partial charge in [0, 0.05) is 12.3 Å².